The fourth-order valence-electron chi connectivity index (χ4n) is 4.43. The highest BCUT2D eigenvalue weighted by Crippen LogP contribution is 2.27. The Hall–Kier alpha value is -2.84. The first-order valence-corrected chi connectivity index (χ1v) is 13.1. The highest BCUT2D eigenvalue weighted by atomic mass is 32.2. The highest BCUT2D eigenvalue weighted by molar-refractivity contribution is 7.89. The SMILES string of the molecule is CCc1nc(C)nc(N2CCCN(S(=O)(=O)c3ccc(C)cc3)CC2)c1Cc1cccc(F)c1. The molecule has 1 aromatic heterocycles. The first-order chi connectivity index (χ1) is 16.3. The van der Waals surface area contributed by atoms with Crippen LogP contribution in [0.4, 0.5) is 10.2 Å². The van der Waals surface area contributed by atoms with Gasteiger partial charge in [-0.2, -0.15) is 4.31 Å². The van der Waals surface area contributed by atoms with Crippen LogP contribution >= 0.6 is 0 Å². The number of aromatic nitrogens is 2. The highest BCUT2D eigenvalue weighted by Gasteiger charge is 2.28. The normalized spacial score (nSPS) is 15.4. The van der Waals surface area contributed by atoms with Gasteiger partial charge in [-0.25, -0.2) is 22.8 Å². The van der Waals surface area contributed by atoms with Crippen molar-refractivity contribution in [3.8, 4) is 0 Å². The lowest BCUT2D eigenvalue weighted by molar-refractivity contribution is 0.433. The number of hydrogen-bond donors (Lipinski definition) is 0. The third-order valence-corrected chi connectivity index (χ3v) is 8.11. The Morgan fingerprint density at radius 2 is 1.74 bits per heavy atom. The summed E-state index contributed by atoms with van der Waals surface area (Å²) < 4.78 is 41.9. The Labute approximate surface area is 201 Å². The summed E-state index contributed by atoms with van der Waals surface area (Å²) >= 11 is 0. The molecule has 1 saturated heterocycles. The molecule has 34 heavy (non-hydrogen) atoms. The van der Waals surface area contributed by atoms with E-state index in [-0.39, 0.29) is 5.82 Å². The largest absolute Gasteiger partial charge is 0.355 e. The maximum absolute atomic E-state index is 13.8. The van der Waals surface area contributed by atoms with Gasteiger partial charge in [0.15, 0.2) is 0 Å². The number of halogens is 1. The Morgan fingerprint density at radius 1 is 0.971 bits per heavy atom. The van der Waals surface area contributed by atoms with Gasteiger partial charge in [-0.1, -0.05) is 36.8 Å². The first kappa shape index (κ1) is 24.3. The minimum atomic E-state index is -3.56. The maximum atomic E-state index is 13.8. The zero-order valence-electron chi connectivity index (χ0n) is 20.0. The van der Waals surface area contributed by atoms with Crippen LogP contribution in [0.15, 0.2) is 53.4 Å². The van der Waals surface area contributed by atoms with E-state index < -0.39 is 10.0 Å². The monoisotopic (exact) mass is 482 g/mol. The van der Waals surface area contributed by atoms with E-state index in [4.69, 9.17) is 4.98 Å². The molecule has 0 bridgehead atoms. The molecule has 2 heterocycles. The van der Waals surface area contributed by atoms with Crippen molar-refractivity contribution >= 4 is 15.8 Å². The molecule has 6 nitrogen and oxygen atoms in total. The second-order valence-corrected chi connectivity index (χ2v) is 10.7. The number of hydrogen-bond acceptors (Lipinski definition) is 5. The van der Waals surface area contributed by atoms with Crippen LogP contribution in [0.3, 0.4) is 0 Å². The van der Waals surface area contributed by atoms with Crippen LogP contribution in [0.5, 0.6) is 0 Å². The summed E-state index contributed by atoms with van der Waals surface area (Å²) in [5.41, 5.74) is 3.81. The molecular formula is C26H31FN4O2S. The average molecular weight is 483 g/mol. The standard InChI is InChI=1S/C26H31FN4O2S/c1-4-25-24(18-21-7-5-8-22(27)17-21)26(29-20(3)28-25)30-13-6-14-31(16-15-30)34(32,33)23-11-9-19(2)10-12-23/h5,7-12,17H,4,6,13-16,18H2,1-3H3. The van der Waals surface area contributed by atoms with E-state index in [2.05, 4.69) is 16.8 Å². The van der Waals surface area contributed by atoms with Crippen LogP contribution in [0.25, 0.3) is 0 Å². The van der Waals surface area contributed by atoms with Gasteiger partial charge in [0.05, 0.1) is 4.90 Å². The predicted molar refractivity (Wildman–Crippen MR) is 132 cm³/mol. The summed E-state index contributed by atoms with van der Waals surface area (Å²) in [5, 5.41) is 0. The van der Waals surface area contributed by atoms with Crippen molar-refractivity contribution in [2.24, 2.45) is 0 Å². The molecule has 0 N–H and O–H groups in total. The van der Waals surface area contributed by atoms with Crippen LogP contribution in [-0.4, -0.2) is 48.9 Å². The van der Waals surface area contributed by atoms with Gasteiger partial charge in [-0.15, -0.1) is 0 Å². The van der Waals surface area contributed by atoms with E-state index in [1.165, 1.54) is 6.07 Å². The molecule has 0 radical (unpaired) electrons. The first-order valence-electron chi connectivity index (χ1n) is 11.7. The summed E-state index contributed by atoms with van der Waals surface area (Å²) in [6.45, 7) is 7.92. The molecule has 4 rings (SSSR count). The van der Waals surface area contributed by atoms with Crippen LogP contribution in [0.2, 0.25) is 0 Å². The molecule has 0 saturated carbocycles. The van der Waals surface area contributed by atoms with E-state index >= 15 is 0 Å². The molecule has 0 atom stereocenters. The Bertz CT molecular complexity index is 1260. The van der Waals surface area contributed by atoms with Crippen LogP contribution in [-0.2, 0) is 22.9 Å². The van der Waals surface area contributed by atoms with E-state index in [9.17, 15) is 12.8 Å². The van der Waals surface area contributed by atoms with Crippen molar-refractivity contribution in [2.75, 3.05) is 31.1 Å². The second kappa shape index (κ2) is 10.2. The number of benzene rings is 2. The van der Waals surface area contributed by atoms with Gasteiger partial charge in [0, 0.05) is 43.9 Å². The van der Waals surface area contributed by atoms with E-state index in [0.717, 1.165) is 34.6 Å². The lowest BCUT2D eigenvalue weighted by Crippen LogP contribution is -2.35. The third kappa shape index (κ3) is 5.28. The van der Waals surface area contributed by atoms with Crippen LogP contribution < -0.4 is 4.90 Å². The van der Waals surface area contributed by atoms with Crippen LogP contribution in [0, 0.1) is 19.7 Å². The quantitative estimate of drug-likeness (QED) is 0.525. The number of nitrogens with zero attached hydrogens (tertiary/aromatic N) is 4. The van der Waals surface area contributed by atoms with Crippen molar-refractivity contribution in [3.05, 3.63) is 82.6 Å². The molecule has 3 aromatic rings. The van der Waals surface area contributed by atoms with Gasteiger partial charge in [0.25, 0.3) is 0 Å². The summed E-state index contributed by atoms with van der Waals surface area (Å²) in [4.78, 5) is 11.9. The molecule has 8 heteroatoms. The smallest absolute Gasteiger partial charge is 0.243 e. The fraction of sp³-hybridized carbons (Fsp3) is 0.385. The number of anilines is 1. The second-order valence-electron chi connectivity index (χ2n) is 8.74. The lowest BCUT2D eigenvalue weighted by Gasteiger charge is -2.26. The van der Waals surface area contributed by atoms with Crippen molar-refractivity contribution < 1.29 is 12.8 Å². The van der Waals surface area contributed by atoms with E-state index in [1.807, 2.05) is 32.0 Å². The topological polar surface area (TPSA) is 66.4 Å². The lowest BCUT2D eigenvalue weighted by atomic mass is 10.0. The zero-order valence-corrected chi connectivity index (χ0v) is 20.8. The zero-order chi connectivity index (χ0) is 24.3. The van der Waals surface area contributed by atoms with Crippen LogP contribution in [0.1, 0.15) is 41.6 Å². The minimum Gasteiger partial charge on any atom is -0.355 e. The van der Waals surface area contributed by atoms with Crippen molar-refractivity contribution in [3.63, 3.8) is 0 Å². The Morgan fingerprint density at radius 3 is 2.44 bits per heavy atom. The molecule has 1 aliphatic heterocycles. The molecule has 2 aromatic carbocycles. The molecule has 0 amide bonds. The Balaban J connectivity index is 1.62. The summed E-state index contributed by atoms with van der Waals surface area (Å²) in [7, 11) is -3.56. The number of rotatable bonds is 6. The molecule has 0 unspecified atom stereocenters. The number of sulfonamides is 1. The van der Waals surface area contributed by atoms with Crippen molar-refractivity contribution in [2.45, 2.75) is 44.9 Å². The van der Waals surface area contributed by atoms with Crippen molar-refractivity contribution in [1.82, 2.24) is 14.3 Å². The maximum Gasteiger partial charge on any atom is 0.243 e. The predicted octanol–water partition coefficient (Wildman–Crippen LogP) is 4.29. The summed E-state index contributed by atoms with van der Waals surface area (Å²) in [6, 6.07) is 13.6. The third-order valence-electron chi connectivity index (χ3n) is 6.20. The van der Waals surface area contributed by atoms with Gasteiger partial charge in [-0.3, -0.25) is 0 Å². The van der Waals surface area contributed by atoms with Gasteiger partial charge in [0.2, 0.25) is 10.0 Å². The molecule has 180 valence electrons. The molecule has 0 aliphatic carbocycles. The number of aryl methyl sites for hydroxylation is 3. The minimum absolute atomic E-state index is 0.267. The summed E-state index contributed by atoms with van der Waals surface area (Å²) in [6.07, 6.45) is 1.95. The van der Waals surface area contributed by atoms with Gasteiger partial charge < -0.3 is 4.90 Å². The molecular weight excluding hydrogens is 451 g/mol. The van der Waals surface area contributed by atoms with Gasteiger partial charge in [0.1, 0.15) is 17.5 Å². The van der Waals surface area contributed by atoms with E-state index in [1.54, 1.807) is 28.6 Å². The van der Waals surface area contributed by atoms with Crippen molar-refractivity contribution in [1.29, 1.82) is 0 Å². The van der Waals surface area contributed by atoms with Gasteiger partial charge in [-0.05, 0) is 56.5 Å². The van der Waals surface area contributed by atoms with E-state index in [0.29, 0.717) is 49.7 Å². The summed E-state index contributed by atoms with van der Waals surface area (Å²) in [5.74, 6) is 1.24. The van der Waals surface area contributed by atoms with Gasteiger partial charge >= 0.3 is 0 Å². The fourth-order valence-corrected chi connectivity index (χ4v) is 5.90. The molecule has 1 aliphatic rings. The average Bonchev–Trinajstić information content (AvgIpc) is 3.07. The molecule has 0 spiro atoms. The molecule has 1 fully saturated rings. The Kier molecular flexibility index (Phi) is 7.28.